The molecule has 3 rings (SSSR count). The number of hydrogen-bond donors (Lipinski definition) is 0. The first-order chi connectivity index (χ1) is 10.1. The van der Waals surface area contributed by atoms with Gasteiger partial charge in [0.15, 0.2) is 0 Å². The Bertz CT molecular complexity index is 811. The molecule has 0 aliphatic heterocycles. The lowest BCUT2D eigenvalue weighted by Crippen LogP contribution is -1.99. The van der Waals surface area contributed by atoms with Crippen molar-refractivity contribution in [1.82, 2.24) is 0 Å². The Morgan fingerprint density at radius 1 is 0.905 bits per heavy atom. The standard InChI is InChI=1S/C18H13Cl2F/c1-11-6-9-17(21)15(10-11)18(20)14-7-8-16(19)13-5-3-2-4-12(13)14/h2-10,18H,1H3. The van der Waals surface area contributed by atoms with Crippen molar-refractivity contribution >= 4 is 34.0 Å². The van der Waals surface area contributed by atoms with Crippen molar-refractivity contribution in [3.8, 4) is 0 Å². The molecule has 0 saturated carbocycles. The molecule has 3 aromatic rings. The van der Waals surface area contributed by atoms with Gasteiger partial charge in [-0.3, -0.25) is 0 Å². The smallest absolute Gasteiger partial charge is 0.128 e. The second-order valence-corrected chi connectivity index (χ2v) is 5.91. The van der Waals surface area contributed by atoms with Gasteiger partial charge in [0.2, 0.25) is 0 Å². The fourth-order valence-electron chi connectivity index (χ4n) is 2.53. The van der Waals surface area contributed by atoms with E-state index in [0.29, 0.717) is 10.6 Å². The summed E-state index contributed by atoms with van der Waals surface area (Å²) in [5, 5.41) is 2.00. The molecule has 3 heteroatoms. The SMILES string of the molecule is Cc1ccc(F)c(C(Cl)c2ccc(Cl)c3ccccc23)c1. The lowest BCUT2D eigenvalue weighted by atomic mass is 9.97. The fourth-order valence-corrected chi connectivity index (χ4v) is 3.12. The molecule has 0 aliphatic rings. The minimum absolute atomic E-state index is 0.292. The summed E-state index contributed by atoms with van der Waals surface area (Å²) in [5.41, 5.74) is 2.33. The number of fused-ring (bicyclic) bond motifs is 1. The Morgan fingerprint density at radius 2 is 1.62 bits per heavy atom. The van der Waals surface area contributed by atoms with Crippen LogP contribution in [0.15, 0.2) is 54.6 Å². The third-order valence-corrected chi connectivity index (χ3v) is 4.40. The van der Waals surface area contributed by atoms with E-state index in [0.717, 1.165) is 21.9 Å². The second kappa shape index (κ2) is 5.67. The van der Waals surface area contributed by atoms with Crippen molar-refractivity contribution in [2.24, 2.45) is 0 Å². The first-order valence-corrected chi connectivity index (χ1v) is 7.46. The number of hydrogen-bond acceptors (Lipinski definition) is 0. The highest BCUT2D eigenvalue weighted by atomic mass is 35.5. The molecule has 21 heavy (non-hydrogen) atoms. The molecule has 0 bridgehead atoms. The molecule has 0 amide bonds. The van der Waals surface area contributed by atoms with Gasteiger partial charge in [0.05, 0.1) is 5.38 Å². The number of benzene rings is 3. The molecular formula is C18H13Cl2F. The normalized spacial score (nSPS) is 12.6. The number of halogens is 3. The van der Waals surface area contributed by atoms with Crippen molar-refractivity contribution in [1.29, 1.82) is 0 Å². The molecule has 0 aromatic heterocycles. The van der Waals surface area contributed by atoms with Crippen LogP contribution in [0.4, 0.5) is 4.39 Å². The predicted octanol–water partition coefficient (Wildman–Crippen LogP) is 6.27. The van der Waals surface area contributed by atoms with Gasteiger partial charge in [0, 0.05) is 16.0 Å². The monoisotopic (exact) mass is 318 g/mol. The van der Waals surface area contributed by atoms with Crippen molar-refractivity contribution in [2.45, 2.75) is 12.3 Å². The molecule has 0 spiro atoms. The fraction of sp³-hybridized carbons (Fsp3) is 0.111. The van der Waals surface area contributed by atoms with Crippen LogP contribution >= 0.6 is 23.2 Å². The van der Waals surface area contributed by atoms with Crippen molar-refractivity contribution in [3.63, 3.8) is 0 Å². The Balaban J connectivity index is 2.20. The second-order valence-electron chi connectivity index (χ2n) is 5.07. The Morgan fingerprint density at radius 3 is 2.38 bits per heavy atom. The number of aryl methyl sites for hydroxylation is 1. The Kier molecular flexibility index (Phi) is 3.88. The largest absolute Gasteiger partial charge is 0.207 e. The number of rotatable bonds is 2. The van der Waals surface area contributed by atoms with E-state index >= 15 is 0 Å². The average molecular weight is 319 g/mol. The highest BCUT2D eigenvalue weighted by Gasteiger charge is 2.18. The molecule has 0 aliphatic carbocycles. The van der Waals surface area contributed by atoms with Crippen LogP contribution in [0.3, 0.4) is 0 Å². The van der Waals surface area contributed by atoms with Crippen LogP contribution in [0.5, 0.6) is 0 Å². The zero-order chi connectivity index (χ0) is 15.0. The lowest BCUT2D eigenvalue weighted by Gasteiger charge is -2.15. The molecular weight excluding hydrogens is 306 g/mol. The highest BCUT2D eigenvalue weighted by Crippen LogP contribution is 2.37. The van der Waals surface area contributed by atoms with Crippen LogP contribution in [0, 0.1) is 12.7 Å². The third-order valence-electron chi connectivity index (χ3n) is 3.60. The molecule has 0 fully saturated rings. The molecule has 106 valence electrons. The lowest BCUT2D eigenvalue weighted by molar-refractivity contribution is 0.612. The van der Waals surface area contributed by atoms with Gasteiger partial charge in [-0.25, -0.2) is 4.39 Å². The van der Waals surface area contributed by atoms with E-state index in [1.54, 1.807) is 12.1 Å². The van der Waals surface area contributed by atoms with Gasteiger partial charge in [-0.05, 0) is 30.0 Å². The average Bonchev–Trinajstić information content (AvgIpc) is 2.50. The van der Waals surface area contributed by atoms with Crippen LogP contribution in [0.1, 0.15) is 22.1 Å². The summed E-state index contributed by atoms with van der Waals surface area (Å²) in [6.07, 6.45) is 0. The van der Waals surface area contributed by atoms with E-state index < -0.39 is 5.38 Å². The zero-order valence-electron chi connectivity index (χ0n) is 11.4. The van der Waals surface area contributed by atoms with Gasteiger partial charge in [0.25, 0.3) is 0 Å². The molecule has 1 atom stereocenters. The van der Waals surface area contributed by atoms with Crippen LogP contribution < -0.4 is 0 Å². The van der Waals surface area contributed by atoms with E-state index in [1.807, 2.05) is 43.3 Å². The van der Waals surface area contributed by atoms with Gasteiger partial charge in [-0.15, -0.1) is 11.6 Å². The summed E-state index contributed by atoms with van der Waals surface area (Å²) in [6.45, 7) is 1.92. The quantitative estimate of drug-likeness (QED) is 0.488. The molecule has 1 unspecified atom stereocenters. The van der Waals surface area contributed by atoms with Crippen molar-refractivity contribution < 1.29 is 4.39 Å². The molecule has 0 heterocycles. The molecule has 0 nitrogen and oxygen atoms in total. The maximum absolute atomic E-state index is 14.1. The highest BCUT2D eigenvalue weighted by molar-refractivity contribution is 6.36. The van der Waals surface area contributed by atoms with Crippen LogP contribution in [-0.4, -0.2) is 0 Å². The molecule has 0 saturated heterocycles. The van der Waals surface area contributed by atoms with Crippen LogP contribution in [0.2, 0.25) is 5.02 Å². The van der Waals surface area contributed by atoms with Gasteiger partial charge < -0.3 is 0 Å². The maximum Gasteiger partial charge on any atom is 0.128 e. The zero-order valence-corrected chi connectivity index (χ0v) is 12.9. The van der Waals surface area contributed by atoms with Crippen LogP contribution in [-0.2, 0) is 0 Å². The van der Waals surface area contributed by atoms with Gasteiger partial charge >= 0.3 is 0 Å². The van der Waals surface area contributed by atoms with E-state index in [1.165, 1.54) is 6.07 Å². The van der Waals surface area contributed by atoms with Gasteiger partial charge in [-0.1, -0.05) is 59.6 Å². The first-order valence-electron chi connectivity index (χ1n) is 6.65. The summed E-state index contributed by atoms with van der Waals surface area (Å²) >= 11 is 12.8. The summed E-state index contributed by atoms with van der Waals surface area (Å²) in [5.74, 6) is -0.292. The molecule has 0 radical (unpaired) electrons. The third kappa shape index (κ3) is 2.64. The number of alkyl halides is 1. The predicted molar refractivity (Wildman–Crippen MR) is 87.8 cm³/mol. The van der Waals surface area contributed by atoms with E-state index in [2.05, 4.69) is 0 Å². The maximum atomic E-state index is 14.1. The summed E-state index contributed by atoms with van der Waals surface area (Å²) < 4.78 is 14.1. The van der Waals surface area contributed by atoms with Crippen molar-refractivity contribution in [2.75, 3.05) is 0 Å². The van der Waals surface area contributed by atoms with E-state index in [9.17, 15) is 4.39 Å². The van der Waals surface area contributed by atoms with Crippen LogP contribution in [0.25, 0.3) is 10.8 Å². The first kappa shape index (κ1) is 14.4. The Labute approximate surface area is 133 Å². The van der Waals surface area contributed by atoms with Gasteiger partial charge in [-0.2, -0.15) is 0 Å². The Hall–Kier alpha value is -1.57. The minimum Gasteiger partial charge on any atom is -0.207 e. The topological polar surface area (TPSA) is 0 Å². The van der Waals surface area contributed by atoms with Gasteiger partial charge in [0.1, 0.15) is 5.82 Å². The molecule has 3 aromatic carbocycles. The van der Waals surface area contributed by atoms with E-state index in [-0.39, 0.29) is 5.82 Å². The van der Waals surface area contributed by atoms with E-state index in [4.69, 9.17) is 23.2 Å². The summed E-state index contributed by atoms with van der Waals surface area (Å²) in [7, 11) is 0. The minimum atomic E-state index is -0.549. The van der Waals surface area contributed by atoms with Crippen molar-refractivity contribution in [3.05, 3.63) is 82.1 Å². The molecule has 0 N–H and O–H groups in total. The summed E-state index contributed by atoms with van der Waals surface area (Å²) in [6, 6.07) is 16.4. The summed E-state index contributed by atoms with van der Waals surface area (Å²) in [4.78, 5) is 0.